The van der Waals surface area contributed by atoms with Crippen molar-refractivity contribution < 1.29 is 19.4 Å². The second-order valence-corrected chi connectivity index (χ2v) is 5.65. The maximum absolute atomic E-state index is 12.4. The van der Waals surface area contributed by atoms with E-state index < -0.39 is 17.9 Å². The number of amides is 1. The van der Waals surface area contributed by atoms with E-state index in [1.807, 2.05) is 0 Å². The number of ether oxygens (including phenoxy) is 1. The van der Waals surface area contributed by atoms with Crippen molar-refractivity contribution in [3.8, 4) is 0 Å². The third kappa shape index (κ3) is 2.94. The molecule has 1 amide bonds. The van der Waals surface area contributed by atoms with Crippen LogP contribution in [0.15, 0.2) is 22.7 Å². The number of anilines is 1. The third-order valence-electron chi connectivity index (χ3n) is 3.35. The van der Waals surface area contributed by atoms with Crippen LogP contribution in [-0.2, 0) is 9.53 Å². The predicted molar refractivity (Wildman–Crippen MR) is 76.4 cm³/mol. The molecule has 6 nitrogen and oxygen atoms in total. The molecule has 0 aliphatic carbocycles. The zero-order valence-electron chi connectivity index (χ0n) is 10.9. The lowest BCUT2D eigenvalue weighted by Gasteiger charge is -2.26. The van der Waals surface area contributed by atoms with E-state index in [0.717, 1.165) is 0 Å². The topological polar surface area (TPSA) is 92.9 Å². The summed E-state index contributed by atoms with van der Waals surface area (Å²) in [4.78, 5) is 25.0. The minimum atomic E-state index is -0.957. The summed E-state index contributed by atoms with van der Waals surface area (Å²) >= 11 is 3.28. The summed E-state index contributed by atoms with van der Waals surface area (Å²) < 4.78 is 5.88. The van der Waals surface area contributed by atoms with E-state index >= 15 is 0 Å². The molecule has 1 aromatic carbocycles. The van der Waals surface area contributed by atoms with Crippen LogP contribution >= 0.6 is 15.9 Å². The number of hydrogen-bond acceptors (Lipinski definition) is 4. The van der Waals surface area contributed by atoms with E-state index in [2.05, 4.69) is 15.9 Å². The maximum atomic E-state index is 12.4. The van der Waals surface area contributed by atoms with Crippen LogP contribution in [0, 0.1) is 5.92 Å². The van der Waals surface area contributed by atoms with E-state index in [0.29, 0.717) is 15.7 Å². The van der Waals surface area contributed by atoms with Crippen molar-refractivity contribution in [2.24, 2.45) is 5.92 Å². The van der Waals surface area contributed by atoms with Gasteiger partial charge < -0.3 is 20.5 Å². The highest BCUT2D eigenvalue weighted by Gasteiger charge is 2.38. The van der Waals surface area contributed by atoms with Gasteiger partial charge in [0.1, 0.15) is 5.92 Å². The van der Waals surface area contributed by atoms with Gasteiger partial charge in [-0.25, -0.2) is 0 Å². The lowest BCUT2D eigenvalue weighted by atomic mass is 10.0. The summed E-state index contributed by atoms with van der Waals surface area (Å²) in [6, 6.07) is 4.44. The Labute approximate surface area is 124 Å². The normalized spacial score (nSPS) is 21.7. The summed E-state index contributed by atoms with van der Waals surface area (Å²) in [5.74, 6) is -1.94. The lowest BCUT2D eigenvalue weighted by Crippen LogP contribution is -2.44. The summed E-state index contributed by atoms with van der Waals surface area (Å²) in [5, 5.41) is 9.13. The molecule has 2 atom stereocenters. The van der Waals surface area contributed by atoms with Crippen molar-refractivity contribution in [3.05, 3.63) is 28.2 Å². The van der Waals surface area contributed by atoms with Gasteiger partial charge in [-0.3, -0.25) is 9.59 Å². The molecule has 0 aromatic heterocycles. The van der Waals surface area contributed by atoms with E-state index in [4.69, 9.17) is 15.6 Å². The number of carboxylic acids is 1. The third-order valence-corrected chi connectivity index (χ3v) is 3.81. The summed E-state index contributed by atoms with van der Waals surface area (Å²) in [7, 11) is 1.58. The standard InChI is InChI=1S/C13H15BrN2O4/c1-16(11-6-20-5-10(11)13(18)19)12(17)7-2-8(14)4-9(15)3-7/h2-4,10-11H,5-6,15H2,1H3,(H,18,19). The van der Waals surface area contributed by atoms with Crippen LogP contribution in [0.1, 0.15) is 10.4 Å². The lowest BCUT2D eigenvalue weighted by molar-refractivity contribution is -0.142. The minimum absolute atomic E-state index is 0.123. The highest BCUT2D eigenvalue weighted by atomic mass is 79.9. The molecule has 1 aromatic rings. The van der Waals surface area contributed by atoms with Crippen molar-refractivity contribution in [2.45, 2.75) is 6.04 Å². The number of nitrogen functional groups attached to an aromatic ring is 1. The van der Waals surface area contributed by atoms with E-state index in [1.54, 1.807) is 25.2 Å². The van der Waals surface area contributed by atoms with Crippen LogP contribution in [0.25, 0.3) is 0 Å². The van der Waals surface area contributed by atoms with Crippen LogP contribution in [-0.4, -0.2) is 48.2 Å². The summed E-state index contributed by atoms with van der Waals surface area (Å²) in [6.45, 7) is 0.348. The number of rotatable bonds is 3. The van der Waals surface area contributed by atoms with Crippen molar-refractivity contribution in [1.29, 1.82) is 0 Å². The predicted octanol–water partition coefficient (Wildman–Crippen LogP) is 1.20. The fraction of sp³-hybridized carbons (Fsp3) is 0.385. The molecular formula is C13H15BrN2O4. The average molecular weight is 343 g/mol. The minimum Gasteiger partial charge on any atom is -0.481 e. The first-order valence-electron chi connectivity index (χ1n) is 6.04. The highest BCUT2D eigenvalue weighted by Crippen LogP contribution is 2.23. The van der Waals surface area contributed by atoms with Crippen LogP contribution in [0.3, 0.4) is 0 Å². The van der Waals surface area contributed by atoms with Gasteiger partial charge in [0.25, 0.3) is 5.91 Å². The number of aliphatic carboxylic acids is 1. The molecule has 1 aliphatic heterocycles. The second-order valence-electron chi connectivity index (χ2n) is 4.74. The van der Waals surface area contributed by atoms with Crippen molar-refractivity contribution in [3.63, 3.8) is 0 Å². The Morgan fingerprint density at radius 1 is 1.40 bits per heavy atom. The first-order chi connectivity index (χ1) is 9.40. The van der Waals surface area contributed by atoms with Crippen LogP contribution in [0.4, 0.5) is 5.69 Å². The van der Waals surface area contributed by atoms with Crippen LogP contribution in [0.5, 0.6) is 0 Å². The Morgan fingerprint density at radius 2 is 2.10 bits per heavy atom. The Bertz CT molecular complexity index is 529. The highest BCUT2D eigenvalue weighted by molar-refractivity contribution is 9.10. The van der Waals surface area contributed by atoms with Crippen molar-refractivity contribution in [1.82, 2.24) is 4.90 Å². The van der Waals surface area contributed by atoms with Gasteiger partial charge >= 0.3 is 5.97 Å². The zero-order valence-corrected chi connectivity index (χ0v) is 12.5. The fourth-order valence-corrected chi connectivity index (χ4v) is 2.76. The number of likely N-dealkylation sites (N-methyl/N-ethyl adjacent to an activating group) is 1. The summed E-state index contributed by atoms with van der Waals surface area (Å²) in [6.07, 6.45) is 0. The molecule has 1 saturated heterocycles. The molecular weight excluding hydrogens is 328 g/mol. The Morgan fingerprint density at radius 3 is 2.70 bits per heavy atom. The van der Waals surface area contributed by atoms with Crippen LogP contribution in [0.2, 0.25) is 0 Å². The smallest absolute Gasteiger partial charge is 0.311 e. The first kappa shape index (κ1) is 14.8. The molecule has 0 bridgehead atoms. The molecule has 7 heteroatoms. The Hall–Kier alpha value is -1.60. The number of hydrogen-bond donors (Lipinski definition) is 2. The van der Waals surface area contributed by atoms with Gasteiger partial charge in [0.2, 0.25) is 0 Å². The summed E-state index contributed by atoms with van der Waals surface area (Å²) in [5.41, 5.74) is 6.59. The molecule has 20 heavy (non-hydrogen) atoms. The van der Waals surface area contributed by atoms with E-state index in [1.165, 1.54) is 4.90 Å². The number of carbonyl (C=O) groups is 2. The molecule has 0 radical (unpaired) electrons. The fourth-order valence-electron chi connectivity index (χ4n) is 2.25. The van der Waals surface area contributed by atoms with Crippen molar-refractivity contribution >= 4 is 33.5 Å². The number of carbonyl (C=O) groups excluding carboxylic acids is 1. The molecule has 108 valence electrons. The molecule has 1 fully saturated rings. The van der Waals surface area contributed by atoms with Gasteiger partial charge in [-0.2, -0.15) is 0 Å². The Kier molecular flexibility index (Phi) is 4.29. The van der Waals surface area contributed by atoms with Gasteiger partial charge in [-0.1, -0.05) is 15.9 Å². The second kappa shape index (κ2) is 5.80. The van der Waals surface area contributed by atoms with E-state index in [-0.39, 0.29) is 19.1 Å². The molecule has 2 unspecified atom stereocenters. The Balaban J connectivity index is 2.22. The van der Waals surface area contributed by atoms with Gasteiger partial charge in [0, 0.05) is 22.8 Å². The maximum Gasteiger partial charge on any atom is 0.311 e. The number of nitrogens with two attached hydrogens (primary N) is 1. The van der Waals surface area contributed by atoms with Gasteiger partial charge in [-0.15, -0.1) is 0 Å². The monoisotopic (exact) mass is 342 g/mol. The number of halogens is 1. The van der Waals surface area contributed by atoms with Gasteiger partial charge in [-0.05, 0) is 18.2 Å². The molecule has 1 aliphatic rings. The molecule has 3 N–H and O–H groups in total. The average Bonchev–Trinajstić information content (AvgIpc) is 2.85. The van der Waals surface area contributed by atoms with Gasteiger partial charge in [0.05, 0.1) is 19.3 Å². The number of carboxylic acid groups (broad SMARTS) is 1. The van der Waals surface area contributed by atoms with Gasteiger partial charge in [0.15, 0.2) is 0 Å². The number of benzene rings is 1. The molecule has 0 spiro atoms. The SMILES string of the molecule is CN(C(=O)c1cc(N)cc(Br)c1)C1COCC1C(=O)O. The molecule has 0 saturated carbocycles. The quantitative estimate of drug-likeness (QED) is 0.805. The van der Waals surface area contributed by atoms with Crippen LogP contribution < -0.4 is 5.73 Å². The molecule has 1 heterocycles. The zero-order chi connectivity index (χ0) is 14.9. The molecule has 2 rings (SSSR count). The first-order valence-corrected chi connectivity index (χ1v) is 6.83. The van der Waals surface area contributed by atoms with E-state index in [9.17, 15) is 9.59 Å². The largest absolute Gasteiger partial charge is 0.481 e. The van der Waals surface area contributed by atoms with Crippen molar-refractivity contribution in [2.75, 3.05) is 26.0 Å². The number of nitrogens with zero attached hydrogens (tertiary/aromatic N) is 1.